The molecular formula is C38H52O23. The Morgan fingerprint density at radius 1 is 0.754 bits per heavy atom. The van der Waals surface area contributed by atoms with Gasteiger partial charge in [0, 0.05) is 12.3 Å². The molecular weight excluding hydrogens is 824 g/mol. The van der Waals surface area contributed by atoms with Crippen LogP contribution in [0.15, 0.2) is 30.3 Å². The number of carbonyl (C=O) groups is 3. The summed E-state index contributed by atoms with van der Waals surface area (Å²) in [6.45, 7) is -0.775. The van der Waals surface area contributed by atoms with Crippen molar-refractivity contribution in [2.45, 2.75) is 142 Å². The third kappa shape index (κ3) is 8.59. The van der Waals surface area contributed by atoms with Gasteiger partial charge in [-0.1, -0.05) is 25.1 Å². The van der Waals surface area contributed by atoms with Gasteiger partial charge < -0.3 is 98.8 Å². The Kier molecular flexibility index (Phi) is 13.8. The molecule has 7 rings (SSSR count). The Hall–Kier alpha value is -2.89. The minimum Gasteiger partial charge on any atom is -0.458 e. The van der Waals surface area contributed by atoms with E-state index in [1.54, 1.807) is 37.3 Å². The summed E-state index contributed by atoms with van der Waals surface area (Å²) in [5.41, 5.74) is -2.33. The van der Waals surface area contributed by atoms with Crippen LogP contribution < -0.4 is 0 Å². The smallest absolute Gasteiger partial charge is 0.338 e. The lowest BCUT2D eigenvalue weighted by Crippen LogP contribution is -2.66. The zero-order chi connectivity index (χ0) is 44.1. The highest BCUT2D eigenvalue weighted by molar-refractivity contribution is 5.97. The number of aliphatic hydroxyl groups excluding tert-OH is 10. The average molecular weight is 877 g/mol. The van der Waals surface area contributed by atoms with E-state index in [1.807, 2.05) is 0 Å². The maximum Gasteiger partial charge on any atom is 0.338 e. The molecule has 1 aromatic carbocycles. The predicted molar refractivity (Wildman–Crippen MR) is 191 cm³/mol. The van der Waals surface area contributed by atoms with Crippen LogP contribution >= 0.6 is 0 Å². The molecule has 0 bridgehead atoms. The van der Waals surface area contributed by atoms with E-state index < -0.39 is 178 Å². The molecule has 21 atom stereocenters. The fourth-order valence-electron chi connectivity index (χ4n) is 8.52. The topological polar surface area (TPSA) is 357 Å². The molecule has 0 amide bonds. The van der Waals surface area contributed by atoms with Crippen LogP contribution in [0, 0.1) is 11.8 Å². The second-order valence-electron chi connectivity index (χ2n) is 16.3. The molecule has 5 saturated heterocycles. The molecule has 6 fully saturated rings. The lowest BCUT2D eigenvalue weighted by molar-refractivity contribution is -0.386. The van der Waals surface area contributed by atoms with Crippen LogP contribution in [-0.4, -0.2) is 216 Å². The van der Waals surface area contributed by atoms with Crippen molar-refractivity contribution in [1.29, 1.82) is 0 Å². The minimum atomic E-state index is -2.58. The number of ketones is 1. The standard InChI is InChI=1S/C38H52O23/c1-14-12-54-37(9-18(14)55-31(49)15-5-3-2-4-6-15)36(51)38(52)21(42)7-16(8-22(38)61-37)32(50)60-35-30(27(47)25(45)20(11-40)57-35)59-34-29(26(46)24(44)19(10-39)56-34)58-33-28(48)23(43)17(41)13-53-33/h2-6,14,16-30,33-35,39-48,52H,7-13H2,1H3/t14-,16+,17+,18+,19-,20-,21+,22-,23+,24-,25-,26+,27+,28-,29-,30-,33-,34+,35+,37+,38-/m1/s1. The van der Waals surface area contributed by atoms with Crippen molar-refractivity contribution in [1.82, 2.24) is 0 Å². The first-order chi connectivity index (χ1) is 28.9. The van der Waals surface area contributed by atoms with Crippen LogP contribution in [0.5, 0.6) is 0 Å². The van der Waals surface area contributed by atoms with Crippen LogP contribution in [0.2, 0.25) is 0 Å². The van der Waals surface area contributed by atoms with E-state index in [0.717, 1.165) is 0 Å². The number of carbonyl (C=O) groups excluding carboxylic acids is 3. The maximum absolute atomic E-state index is 14.0. The second-order valence-corrected chi connectivity index (χ2v) is 16.3. The summed E-state index contributed by atoms with van der Waals surface area (Å²) in [6.07, 6.45) is -31.6. The average Bonchev–Trinajstić information content (AvgIpc) is 3.46. The first-order valence-corrected chi connectivity index (χ1v) is 19.9. The molecule has 5 heterocycles. The zero-order valence-corrected chi connectivity index (χ0v) is 32.6. The minimum absolute atomic E-state index is 0.144. The van der Waals surface area contributed by atoms with Crippen molar-refractivity contribution in [2.75, 3.05) is 26.4 Å². The summed E-state index contributed by atoms with van der Waals surface area (Å²) in [6, 6.07) is 8.09. The molecule has 61 heavy (non-hydrogen) atoms. The fraction of sp³-hybridized carbons (Fsp3) is 0.763. The molecule has 1 aliphatic carbocycles. The second kappa shape index (κ2) is 18.3. The van der Waals surface area contributed by atoms with E-state index >= 15 is 0 Å². The normalized spacial score (nSPS) is 47.7. The van der Waals surface area contributed by atoms with Gasteiger partial charge in [-0.2, -0.15) is 0 Å². The summed E-state index contributed by atoms with van der Waals surface area (Å²) >= 11 is 0. The van der Waals surface area contributed by atoms with E-state index in [0.29, 0.717) is 0 Å². The summed E-state index contributed by atoms with van der Waals surface area (Å²) in [5, 5.41) is 117. The summed E-state index contributed by atoms with van der Waals surface area (Å²) in [7, 11) is 0. The number of hydrogen-bond donors (Lipinski definition) is 11. The maximum atomic E-state index is 14.0. The van der Waals surface area contributed by atoms with Crippen molar-refractivity contribution in [3.63, 3.8) is 0 Å². The SMILES string of the molecule is C[C@@H]1CO[C@@]2(C[C@@H]1OC(=O)c1ccccc1)O[C@@H]1C[C@@H](C(=O)O[C@@H]3O[C@H](CO)[C@@H](O)[C@H](O)[C@H]3O[C@@H]3O[C@H](CO)[C@@H](O)[C@H](O)[C@H]3O[C@H]3OC[C@H](O)[C@H](O)[C@H]3O)C[C@H](O)[C@]1(O)C2=O. The molecule has 1 saturated carbocycles. The van der Waals surface area contributed by atoms with E-state index in [-0.39, 0.29) is 18.6 Å². The molecule has 5 aliphatic heterocycles. The van der Waals surface area contributed by atoms with Crippen molar-refractivity contribution < 1.29 is 113 Å². The molecule has 0 unspecified atom stereocenters. The first-order valence-electron chi connectivity index (χ1n) is 19.9. The quantitative estimate of drug-likeness (QED) is 0.0975. The number of fused-ring (bicyclic) bond motifs is 1. The summed E-state index contributed by atoms with van der Waals surface area (Å²) in [5.74, 6) is -6.84. The third-order valence-electron chi connectivity index (χ3n) is 12.3. The van der Waals surface area contributed by atoms with Gasteiger partial charge in [-0.15, -0.1) is 0 Å². The van der Waals surface area contributed by atoms with E-state index in [1.165, 1.54) is 0 Å². The molecule has 6 aliphatic rings. The van der Waals surface area contributed by atoms with E-state index in [4.69, 9.17) is 42.6 Å². The zero-order valence-electron chi connectivity index (χ0n) is 32.6. The number of esters is 2. The number of rotatable bonds is 10. The van der Waals surface area contributed by atoms with Crippen LogP contribution in [0.3, 0.4) is 0 Å². The lowest BCUT2D eigenvalue weighted by Gasteiger charge is -2.48. The Labute approximate surface area is 346 Å². The summed E-state index contributed by atoms with van der Waals surface area (Å²) < 4.78 is 51.2. The van der Waals surface area contributed by atoms with Gasteiger partial charge in [-0.05, 0) is 25.0 Å². The molecule has 11 N–H and O–H groups in total. The van der Waals surface area contributed by atoms with Gasteiger partial charge in [-0.3, -0.25) is 9.59 Å². The highest BCUT2D eigenvalue weighted by Crippen LogP contribution is 2.50. The number of aliphatic hydroxyl groups is 11. The fourth-order valence-corrected chi connectivity index (χ4v) is 8.52. The number of Topliss-reactive ketones (excluding diaryl/α,β-unsaturated/α-hetero) is 1. The largest absolute Gasteiger partial charge is 0.458 e. The molecule has 0 aromatic heterocycles. The van der Waals surface area contributed by atoms with Crippen molar-refractivity contribution >= 4 is 17.7 Å². The monoisotopic (exact) mass is 876 g/mol. The predicted octanol–water partition coefficient (Wildman–Crippen LogP) is -5.93. The highest BCUT2D eigenvalue weighted by Gasteiger charge is 2.71. The van der Waals surface area contributed by atoms with Gasteiger partial charge in [0.2, 0.25) is 17.9 Å². The molecule has 342 valence electrons. The first kappa shape index (κ1) is 46.1. The molecule has 1 spiro atoms. The van der Waals surface area contributed by atoms with Crippen LogP contribution in [-0.2, 0) is 52.2 Å². The number of ether oxygens (including phenoxy) is 9. The summed E-state index contributed by atoms with van der Waals surface area (Å²) in [4.78, 5) is 40.8. The van der Waals surface area contributed by atoms with E-state index in [9.17, 15) is 70.6 Å². The Morgan fingerprint density at radius 3 is 2.00 bits per heavy atom. The van der Waals surface area contributed by atoms with Crippen molar-refractivity contribution in [3.05, 3.63) is 35.9 Å². The van der Waals surface area contributed by atoms with Gasteiger partial charge >= 0.3 is 11.9 Å². The van der Waals surface area contributed by atoms with Crippen molar-refractivity contribution in [3.8, 4) is 0 Å². The molecule has 1 aromatic rings. The lowest BCUT2D eigenvalue weighted by atomic mass is 9.72. The Bertz CT molecular complexity index is 1700. The van der Waals surface area contributed by atoms with Crippen molar-refractivity contribution in [2.24, 2.45) is 11.8 Å². The Morgan fingerprint density at radius 2 is 1.36 bits per heavy atom. The molecule has 0 radical (unpaired) electrons. The van der Waals surface area contributed by atoms with Gasteiger partial charge in [0.25, 0.3) is 0 Å². The molecule has 23 nitrogen and oxygen atoms in total. The number of hydrogen-bond acceptors (Lipinski definition) is 23. The third-order valence-corrected chi connectivity index (χ3v) is 12.3. The molecule has 23 heteroatoms. The number of benzene rings is 1. The van der Waals surface area contributed by atoms with Gasteiger partial charge in [0.15, 0.2) is 24.3 Å². The van der Waals surface area contributed by atoms with Crippen LogP contribution in [0.4, 0.5) is 0 Å². The van der Waals surface area contributed by atoms with Gasteiger partial charge in [0.1, 0.15) is 73.2 Å². The Balaban J connectivity index is 1.08. The van der Waals surface area contributed by atoms with Crippen LogP contribution in [0.1, 0.15) is 36.5 Å². The highest BCUT2D eigenvalue weighted by atomic mass is 16.8. The van der Waals surface area contributed by atoms with Crippen LogP contribution in [0.25, 0.3) is 0 Å². The van der Waals surface area contributed by atoms with Gasteiger partial charge in [-0.25, -0.2) is 4.79 Å². The van der Waals surface area contributed by atoms with Gasteiger partial charge in [0.05, 0.1) is 44.0 Å². The van der Waals surface area contributed by atoms with E-state index in [2.05, 4.69) is 0 Å².